The average Bonchev–Trinajstić information content (AvgIpc) is 3.27. The summed E-state index contributed by atoms with van der Waals surface area (Å²) in [6, 6.07) is 17.2. The Bertz CT molecular complexity index is 1220. The maximum atomic E-state index is 11.8. The molecule has 3 aromatic rings. The molecule has 0 fully saturated rings. The fourth-order valence-electron chi connectivity index (χ4n) is 5.15. The van der Waals surface area contributed by atoms with Crippen LogP contribution in [0.4, 0.5) is 0 Å². The second kappa shape index (κ2) is 14.3. The van der Waals surface area contributed by atoms with Crippen LogP contribution in [-0.4, -0.2) is 22.2 Å². The van der Waals surface area contributed by atoms with Crippen LogP contribution in [0.2, 0.25) is 0 Å². The summed E-state index contributed by atoms with van der Waals surface area (Å²) in [5.74, 6) is 0.197. The van der Waals surface area contributed by atoms with Crippen molar-refractivity contribution < 1.29 is 42.2 Å². The minimum atomic E-state index is -0.252. The minimum absolute atomic E-state index is 0. The number of ketones is 1. The predicted molar refractivity (Wildman–Crippen MR) is 159 cm³/mol. The van der Waals surface area contributed by atoms with Crippen LogP contribution in [0.3, 0.4) is 0 Å². The zero-order valence-electron chi connectivity index (χ0n) is 25.1. The molecule has 0 spiro atoms. The molecule has 0 N–H and O–H groups in total. The molecule has 0 saturated heterocycles. The molecule has 1 aliphatic carbocycles. The molecule has 1 radical (unpaired) electrons. The molecule has 0 aliphatic heterocycles. The summed E-state index contributed by atoms with van der Waals surface area (Å²) in [5.41, 5.74) is 7.25. The zero-order valence-corrected chi connectivity index (χ0v) is 27.9. The van der Waals surface area contributed by atoms with Crippen LogP contribution in [0.5, 0.6) is 0 Å². The topological polar surface area (TPSA) is 44.1 Å². The van der Waals surface area contributed by atoms with Crippen LogP contribution in [0.15, 0.2) is 54.7 Å². The van der Waals surface area contributed by atoms with E-state index in [4.69, 9.17) is 4.74 Å². The van der Waals surface area contributed by atoms with Gasteiger partial charge in [0.05, 0.1) is 18.0 Å². The van der Waals surface area contributed by atoms with Gasteiger partial charge in [-0.1, -0.05) is 110 Å². The van der Waals surface area contributed by atoms with Gasteiger partial charge in [0.25, 0.3) is 0 Å². The van der Waals surface area contributed by atoms with E-state index < -0.39 is 0 Å². The molecule has 0 saturated carbocycles. The number of aromatic nitrogens is 2. The van der Waals surface area contributed by atoms with Gasteiger partial charge in [-0.15, -0.1) is 5.92 Å². The first-order chi connectivity index (χ1) is 17.9. The van der Waals surface area contributed by atoms with Crippen LogP contribution in [0.25, 0.3) is 22.4 Å². The molecule has 2 aromatic carbocycles. The summed E-state index contributed by atoms with van der Waals surface area (Å²) in [4.78, 5) is 11.8. The zero-order chi connectivity index (χ0) is 28.1. The summed E-state index contributed by atoms with van der Waals surface area (Å²) in [6.07, 6.45) is 4.79. The van der Waals surface area contributed by atoms with E-state index >= 15 is 0 Å². The standard InChI is InChI=1S/C22H23N2O.C12H23O.Y/c1-3-13-25-21-14-16-9-5-6-10-17(16)20-15-23-24(4-2)22(20)19-12-8-7-11-18(19)21;1-9(8-11(2,3)4)10(13)12(5,6)7;/h5-12,15,21H,2-4,13-14H2,1H3;9H,1,8H2,2-7H3;/q2*-1;. The summed E-state index contributed by atoms with van der Waals surface area (Å²) >= 11 is 0. The maximum Gasteiger partial charge on any atom is 0.111 e. The summed E-state index contributed by atoms with van der Waals surface area (Å²) in [7, 11) is 0. The third kappa shape index (κ3) is 8.68. The van der Waals surface area contributed by atoms with E-state index in [1.165, 1.54) is 27.8 Å². The van der Waals surface area contributed by atoms with E-state index in [2.05, 4.69) is 95.2 Å². The molecule has 4 nitrogen and oxygen atoms in total. The number of ether oxygens (including phenoxy) is 1. The number of Topliss-reactive ketones (excluding diaryl/α,β-unsaturated/α-hetero) is 1. The fraction of sp³-hybridized carbons (Fsp3) is 0.471. The molecular formula is C34H46N2O2Y-2. The SMILES string of the molecule is [CH2-]C(CC(C)(C)C)C(=O)C(C)(C)C.[CH2-]Cn1ncc2c1-c1ccccc1C(OCCC)Cc1ccccc1-2.[Y]. The molecule has 0 bridgehead atoms. The van der Waals surface area contributed by atoms with Gasteiger partial charge in [-0.2, -0.15) is 5.10 Å². The monoisotopic (exact) mass is 603 g/mol. The van der Waals surface area contributed by atoms with Gasteiger partial charge in [0.15, 0.2) is 0 Å². The fourth-order valence-corrected chi connectivity index (χ4v) is 5.15. The van der Waals surface area contributed by atoms with E-state index in [-0.39, 0.29) is 61.3 Å². The van der Waals surface area contributed by atoms with Crippen LogP contribution in [0.1, 0.15) is 78.5 Å². The normalized spacial score (nSPS) is 15.3. The van der Waals surface area contributed by atoms with Crippen LogP contribution >= 0.6 is 0 Å². The van der Waals surface area contributed by atoms with E-state index in [1.807, 2.05) is 31.6 Å². The molecular weight excluding hydrogens is 557 g/mol. The smallest absolute Gasteiger partial charge is 0.111 e. The summed E-state index contributed by atoms with van der Waals surface area (Å²) < 4.78 is 8.26. The maximum absolute atomic E-state index is 11.8. The van der Waals surface area contributed by atoms with E-state index in [1.54, 1.807) is 0 Å². The number of fused-ring (bicyclic) bond motifs is 5. The van der Waals surface area contributed by atoms with Crippen molar-refractivity contribution in [3.63, 3.8) is 0 Å². The van der Waals surface area contributed by atoms with Crippen LogP contribution in [0, 0.1) is 30.6 Å². The molecule has 1 aromatic heterocycles. The van der Waals surface area contributed by atoms with Crippen LogP contribution in [-0.2, 0) is 55.2 Å². The molecule has 39 heavy (non-hydrogen) atoms. The third-order valence-electron chi connectivity index (χ3n) is 6.82. The van der Waals surface area contributed by atoms with Gasteiger partial charge in [-0.05, 0) is 28.5 Å². The first-order valence-corrected chi connectivity index (χ1v) is 13.9. The Hall–Kier alpha value is -1.62. The number of carbonyl (C=O) groups is 1. The number of nitrogens with zero attached hydrogens (tertiary/aromatic N) is 2. The summed E-state index contributed by atoms with van der Waals surface area (Å²) in [6.45, 7) is 23.8. The van der Waals surface area contributed by atoms with Gasteiger partial charge >= 0.3 is 0 Å². The molecule has 209 valence electrons. The number of benzene rings is 2. The Morgan fingerprint density at radius 3 is 2.23 bits per heavy atom. The van der Waals surface area contributed by atoms with Gasteiger partial charge in [-0.25, -0.2) is 0 Å². The van der Waals surface area contributed by atoms with Crippen molar-refractivity contribution in [2.24, 2.45) is 16.7 Å². The van der Waals surface area contributed by atoms with Crippen LogP contribution < -0.4 is 0 Å². The summed E-state index contributed by atoms with van der Waals surface area (Å²) in [5, 5.41) is 4.60. The van der Waals surface area contributed by atoms with E-state index in [0.717, 1.165) is 31.6 Å². The van der Waals surface area contributed by atoms with Crippen molar-refractivity contribution in [2.75, 3.05) is 6.61 Å². The first kappa shape index (κ1) is 33.6. The Morgan fingerprint density at radius 1 is 1.03 bits per heavy atom. The Labute approximate surface area is 262 Å². The molecule has 5 heteroatoms. The van der Waals surface area contributed by atoms with Gasteiger partial charge < -0.3 is 23.4 Å². The molecule has 1 aliphatic rings. The van der Waals surface area contributed by atoms with Crippen molar-refractivity contribution >= 4 is 5.78 Å². The second-order valence-electron chi connectivity index (χ2n) is 12.5. The Kier molecular flexibility index (Phi) is 12.3. The quantitative estimate of drug-likeness (QED) is 0.265. The Balaban J connectivity index is 0.000000328. The van der Waals surface area contributed by atoms with Crippen molar-refractivity contribution in [3.8, 4) is 22.4 Å². The van der Waals surface area contributed by atoms with Crippen molar-refractivity contribution in [1.29, 1.82) is 0 Å². The average molecular weight is 604 g/mol. The number of carbonyl (C=O) groups excluding carboxylic acids is 1. The molecule has 2 atom stereocenters. The second-order valence-corrected chi connectivity index (χ2v) is 12.5. The Morgan fingerprint density at radius 2 is 1.64 bits per heavy atom. The van der Waals surface area contributed by atoms with E-state index in [9.17, 15) is 4.79 Å². The first-order valence-electron chi connectivity index (χ1n) is 13.9. The van der Waals surface area contributed by atoms with Crippen molar-refractivity contribution in [2.45, 2.75) is 80.4 Å². The van der Waals surface area contributed by atoms with Crippen molar-refractivity contribution in [1.82, 2.24) is 9.78 Å². The minimum Gasteiger partial charge on any atom is -0.373 e. The molecule has 0 amide bonds. The third-order valence-corrected chi connectivity index (χ3v) is 6.82. The molecule has 1 heterocycles. The molecule has 4 rings (SSSR count). The van der Waals surface area contributed by atoms with Gasteiger partial charge in [0, 0.05) is 62.3 Å². The van der Waals surface area contributed by atoms with Gasteiger partial charge in [0.2, 0.25) is 0 Å². The predicted octanol–water partition coefficient (Wildman–Crippen LogP) is 8.56. The van der Waals surface area contributed by atoms with E-state index in [0.29, 0.717) is 6.54 Å². The number of rotatable bonds is 6. The number of hydrogen-bond donors (Lipinski definition) is 0. The van der Waals surface area contributed by atoms with Gasteiger partial charge in [0.1, 0.15) is 5.78 Å². The largest absolute Gasteiger partial charge is 0.373 e. The van der Waals surface area contributed by atoms with Gasteiger partial charge in [-0.3, -0.25) is 4.68 Å². The number of hydrogen-bond acceptors (Lipinski definition) is 3. The van der Waals surface area contributed by atoms with Crippen molar-refractivity contribution in [3.05, 3.63) is 79.7 Å². The molecule has 2 unspecified atom stereocenters.